The fourth-order valence-corrected chi connectivity index (χ4v) is 2.86. The van der Waals surface area contributed by atoms with Crippen molar-refractivity contribution in [3.8, 4) is 11.5 Å². The number of nitrogens with zero attached hydrogens (tertiary/aromatic N) is 3. The van der Waals surface area contributed by atoms with Crippen molar-refractivity contribution in [2.24, 2.45) is 0 Å². The van der Waals surface area contributed by atoms with E-state index in [4.69, 9.17) is 4.42 Å². The molecule has 1 aromatic carbocycles. The molecular formula is C18H25N3O. The molecule has 0 spiro atoms. The first-order chi connectivity index (χ1) is 10.5. The number of rotatable bonds is 3. The summed E-state index contributed by atoms with van der Waals surface area (Å²) in [4.78, 5) is 2.39. The van der Waals surface area contributed by atoms with Gasteiger partial charge in [0.1, 0.15) is 0 Å². The number of benzene rings is 1. The minimum absolute atomic E-state index is 0.160. The molecule has 4 nitrogen and oxygen atoms in total. The summed E-state index contributed by atoms with van der Waals surface area (Å²) in [6.45, 7) is 9.69. The highest BCUT2D eigenvalue weighted by Gasteiger charge is 2.16. The molecule has 2 aromatic rings. The van der Waals surface area contributed by atoms with Gasteiger partial charge in [-0.15, -0.1) is 10.2 Å². The molecule has 1 aromatic heterocycles. The summed E-state index contributed by atoms with van der Waals surface area (Å²) in [5, 5.41) is 8.40. The van der Waals surface area contributed by atoms with Crippen LogP contribution < -0.4 is 0 Å². The summed E-state index contributed by atoms with van der Waals surface area (Å²) in [6, 6.07) is 8.42. The summed E-state index contributed by atoms with van der Waals surface area (Å²) >= 11 is 0. The van der Waals surface area contributed by atoms with Crippen LogP contribution in [0.3, 0.4) is 0 Å². The maximum Gasteiger partial charge on any atom is 0.247 e. The largest absolute Gasteiger partial charge is 0.419 e. The first-order valence-electron chi connectivity index (χ1n) is 8.18. The van der Waals surface area contributed by atoms with Crippen LogP contribution >= 0.6 is 0 Å². The SMILES string of the molecule is CC(C)(C)c1ccc(-c2nnc(CN3CCCCC3)o2)cc1. The Labute approximate surface area is 132 Å². The third-order valence-electron chi connectivity index (χ3n) is 4.27. The van der Waals surface area contributed by atoms with E-state index in [9.17, 15) is 0 Å². The molecule has 0 atom stereocenters. The Kier molecular flexibility index (Phi) is 4.30. The predicted octanol–water partition coefficient (Wildman–Crippen LogP) is 4.02. The molecule has 2 heterocycles. The first-order valence-corrected chi connectivity index (χ1v) is 8.18. The smallest absolute Gasteiger partial charge is 0.247 e. The zero-order valence-electron chi connectivity index (χ0n) is 13.8. The van der Waals surface area contributed by atoms with Crippen molar-refractivity contribution >= 4 is 0 Å². The predicted molar refractivity (Wildman–Crippen MR) is 87.6 cm³/mol. The Balaban J connectivity index is 1.70. The van der Waals surface area contributed by atoms with E-state index < -0.39 is 0 Å². The maximum absolute atomic E-state index is 5.83. The number of aromatic nitrogens is 2. The van der Waals surface area contributed by atoms with E-state index in [0.717, 1.165) is 31.1 Å². The number of hydrogen-bond donors (Lipinski definition) is 0. The Morgan fingerprint density at radius 2 is 1.68 bits per heavy atom. The molecule has 118 valence electrons. The van der Waals surface area contributed by atoms with Crippen molar-refractivity contribution in [1.29, 1.82) is 0 Å². The molecule has 0 bridgehead atoms. The molecule has 22 heavy (non-hydrogen) atoms. The average Bonchev–Trinajstić information content (AvgIpc) is 2.96. The molecule has 0 aliphatic carbocycles. The van der Waals surface area contributed by atoms with Crippen LogP contribution in [0.25, 0.3) is 11.5 Å². The summed E-state index contributed by atoms with van der Waals surface area (Å²) < 4.78 is 5.83. The standard InChI is InChI=1S/C18H25N3O/c1-18(2,3)15-9-7-14(8-10-15)17-20-19-16(22-17)13-21-11-5-4-6-12-21/h7-10H,4-6,11-13H2,1-3H3. The molecule has 0 unspecified atom stereocenters. The quantitative estimate of drug-likeness (QED) is 0.858. The van der Waals surface area contributed by atoms with Gasteiger partial charge in [0.05, 0.1) is 6.54 Å². The van der Waals surface area contributed by atoms with E-state index in [0.29, 0.717) is 5.89 Å². The van der Waals surface area contributed by atoms with E-state index in [1.165, 1.54) is 24.8 Å². The van der Waals surface area contributed by atoms with Crippen LogP contribution in [0.4, 0.5) is 0 Å². The van der Waals surface area contributed by atoms with Crippen LogP contribution in [0.2, 0.25) is 0 Å². The lowest BCUT2D eigenvalue weighted by molar-refractivity contribution is 0.202. The molecule has 3 rings (SSSR count). The Morgan fingerprint density at radius 1 is 1.00 bits per heavy atom. The molecule has 0 N–H and O–H groups in total. The minimum Gasteiger partial charge on any atom is -0.419 e. The Bertz CT molecular complexity index is 604. The van der Waals surface area contributed by atoms with Gasteiger partial charge in [-0.1, -0.05) is 39.3 Å². The van der Waals surface area contributed by atoms with Crippen molar-refractivity contribution in [3.05, 3.63) is 35.7 Å². The maximum atomic E-state index is 5.83. The summed E-state index contributed by atoms with van der Waals surface area (Å²) in [6.07, 6.45) is 3.89. The zero-order chi connectivity index (χ0) is 15.6. The molecule has 0 radical (unpaired) electrons. The second-order valence-electron chi connectivity index (χ2n) is 7.17. The highest BCUT2D eigenvalue weighted by Crippen LogP contribution is 2.25. The van der Waals surface area contributed by atoms with Crippen molar-refractivity contribution in [3.63, 3.8) is 0 Å². The van der Waals surface area contributed by atoms with E-state index in [-0.39, 0.29) is 5.41 Å². The van der Waals surface area contributed by atoms with Crippen LogP contribution in [0.1, 0.15) is 51.5 Å². The van der Waals surface area contributed by atoms with E-state index in [1.807, 2.05) is 0 Å². The topological polar surface area (TPSA) is 42.2 Å². The Morgan fingerprint density at radius 3 is 2.32 bits per heavy atom. The third kappa shape index (κ3) is 3.55. The van der Waals surface area contributed by atoms with Gasteiger partial charge in [0.15, 0.2) is 0 Å². The average molecular weight is 299 g/mol. The van der Waals surface area contributed by atoms with Gasteiger partial charge in [-0.25, -0.2) is 0 Å². The van der Waals surface area contributed by atoms with Crippen molar-refractivity contribution in [2.45, 2.75) is 52.0 Å². The molecule has 1 fully saturated rings. The van der Waals surface area contributed by atoms with Crippen LogP contribution in [0.5, 0.6) is 0 Å². The zero-order valence-corrected chi connectivity index (χ0v) is 13.8. The minimum atomic E-state index is 0.160. The molecule has 4 heteroatoms. The molecule has 0 saturated carbocycles. The van der Waals surface area contributed by atoms with Crippen LogP contribution in [-0.4, -0.2) is 28.2 Å². The molecule has 1 saturated heterocycles. The number of piperidine rings is 1. The van der Waals surface area contributed by atoms with E-state index in [1.54, 1.807) is 0 Å². The van der Waals surface area contributed by atoms with E-state index in [2.05, 4.69) is 60.1 Å². The summed E-state index contributed by atoms with van der Waals surface area (Å²) in [5.74, 6) is 1.34. The van der Waals surface area contributed by atoms with Crippen LogP contribution in [0, 0.1) is 0 Å². The van der Waals surface area contributed by atoms with Crippen LogP contribution in [-0.2, 0) is 12.0 Å². The van der Waals surface area contributed by atoms with Gasteiger partial charge >= 0.3 is 0 Å². The van der Waals surface area contributed by atoms with Gasteiger partial charge < -0.3 is 4.42 Å². The van der Waals surface area contributed by atoms with Crippen LogP contribution in [0.15, 0.2) is 28.7 Å². The van der Waals surface area contributed by atoms with Gasteiger partial charge in [0.2, 0.25) is 11.8 Å². The number of likely N-dealkylation sites (tertiary alicyclic amines) is 1. The van der Waals surface area contributed by atoms with Crippen molar-refractivity contribution < 1.29 is 4.42 Å². The summed E-state index contributed by atoms with van der Waals surface area (Å²) in [5.41, 5.74) is 2.46. The lowest BCUT2D eigenvalue weighted by Gasteiger charge is -2.24. The van der Waals surface area contributed by atoms with E-state index >= 15 is 0 Å². The third-order valence-corrected chi connectivity index (χ3v) is 4.27. The molecule has 1 aliphatic rings. The van der Waals surface area contributed by atoms with Gasteiger partial charge in [0.25, 0.3) is 0 Å². The highest BCUT2D eigenvalue weighted by atomic mass is 16.4. The van der Waals surface area contributed by atoms with Gasteiger partial charge in [-0.05, 0) is 49.0 Å². The molecule has 1 aliphatic heterocycles. The monoisotopic (exact) mass is 299 g/mol. The first kappa shape index (κ1) is 15.2. The Hall–Kier alpha value is -1.68. The molecule has 0 amide bonds. The highest BCUT2D eigenvalue weighted by molar-refractivity contribution is 5.53. The second-order valence-corrected chi connectivity index (χ2v) is 7.17. The fourth-order valence-electron chi connectivity index (χ4n) is 2.86. The normalized spacial score (nSPS) is 16.9. The lowest BCUT2D eigenvalue weighted by Crippen LogP contribution is -2.29. The number of hydrogen-bond acceptors (Lipinski definition) is 4. The van der Waals surface area contributed by atoms with Crippen molar-refractivity contribution in [2.75, 3.05) is 13.1 Å². The van der Waals surface area contributed by atoms with Gasteiger partial charge in [-0.2, -0.15) is 0 Å². The molecular weight excluding hydrogens is 274 g/mol. The summed E-state index contributed by atoms with van der Waals surface area (Å²) in [7, 11) is 0. The second kappa shape index (κ2) is 6.21. The van der Waals surface area contributed by atoms with Gasteiger partial charge in [-0.3, -0.25) is 4.90 Å². The van der Waals surface area contributed by atoms with Crippen molar-refractivity contribution in [1.82, 2.24) is 15.1 Å². The lowest BCUT2D eigenvalue weighted by atomic mass is 9.87. The van der Waals surface area contributed by atoms with Gasteiger partial charge in [0, 0.05) is 5.56 Å². The fraction of sp³-hybridized carbons (Fsp3) is 0.556.